The Labute approximate surface area is 101 Å². The molecule has 1 heterocycles. The lowest BCUT2D eigenvalue weighted by atomic mass is 10.1. The van der Waals surface area contributed by atoms with E-state index in [2.05, 4.69) is 10.2 Å². The van der Waals surface area contributed by atoms with E-state index in [-0.39, 0.29) is 0 Å². The third-order valence-corrected chi connectivity index (χ3v) is 2.96. The van der Waals surface area contributed by atoms with E-state index >= 15 is 0 Å². The van der Waals surface area contributed by atoms with Gasteiger partial charge in [0.15, 0.2) is 0 Å². The largest absolute Gasteiger partial charge is 0.491 e. The van der Waals surface area contributed by atoms with Crippen molar-refractivity contribution in [3.05, 3.63) is 22.7 Å². The first kappa shape index (κ1) is 11.6. The van der Waals surface area contributed by atoms with Crippen LogP contribution in [0.1, 0.15) is 5.56 Å². The highest BCUT2D eigenvalue weighted by Crippen LogP contribution is 2.33. The molecule has 3 nitrogen and oxygen atoms in total. The molecule has 0 radical (unpaired) electrons. The molecule has 1 aromatic rings. The maximum absolute atomic E-state index is 6.16. The fraction of sp³-hybridized carbons (Fsp3) is 0.500. The van der Waals surface area contributed by atoms with Crippen molar-refractivity contribution in [2.75, 3.05) is 39.1 Å². The molecule has 0 atom stereocenters. The van der Waals surface area contributed by atoms with E-state index in [4.69, 9.17) is 16.3 Å². The summed E-state index contributed by atoms with van der Waals surface area (Å²) in [6, 6.07) is 4.00. The van der Waals surface area contributed by atoms with Crippen molar-refractivity contribution in [1.29, 1.82) is 0 Å². The SMILES string of the molecule is CN(C)CCOc1cc2c(cc1Cl)CCN2. The zero-order chi connectivity index (χ0) is 11.5. The fourth-order valence-electron chi connectivity index (χ4n) is 1.75. The Balaban J connectivity index is 2.04. The molecule has 1 aliphatic rings. The number of benzene rings is 1. The first-order chi connectivity index (χ1) is 7.66. The number of fused-ring (bicyclic) bond motifs is 1. The first-order valence-corrected chi connectivity index (χ1v) is 5.88. The monoisotopic (exact) mass is 240 g/mol. The number of nitrogens with zero attached hydrogens (tertiary/aromatic N) is 1. The lowest BCUT2D eigenvalue weighted by Crippen LogP contribution is -2.19. The van der Waals surface area contributed by atoms with E-state index in [1.54, 1.807) is 0 Å². The highest BCUT2D eigenvalue weighted by atomic mass is 35.5. The molecule has 0 saturated heterocycles. The maximum Gasteiger partial charge on any atom is 0.140 e. The van der Waals surface area contributed by atoms with E-state index < -0.39 is 0 Å². The van der Waals surface area contributed by atoms with Crippen molar-refractivity contribution in [1.82, 2.24) is 4.90 Å². The maximum atomic E-state index is 6.16. The van der Waals surface area contributed by atoms with Crippen molar-refractivity contribution in [2.24, 2.45) is 0 Å². The molecule has 2 rings (SSSR count). The molecule has 1 aromatic carbocycles. The summed E-state index contributed by atoms with van der Waals surface area (Å²) in [6.07, 6.45) is 1.05. The van der Waals surface area contributed by atoms with E-state index in [0.29, 0.717) is 11.6 Å². The zero-order valence-corrected chi connectivity index (χ0v) is 10.5. The van der Waals surface area contributed by atoms with Gasteiger partial charge in [0.25, 0.3) is 0 Å². The summed E-state index contributed by atoms with van der Waals surface area (Å²) >= 11 is 6.16. The van der Waals surface area contributed by atoms with Gasteiger partial charge in [0.2, 0.25) is 0 Å². The van der Waals surface area contributed by atoms with Gasteiger partial charge in [-0.1, -0.05) is 11.6 Å². The molecule has 0 fully saturated rings. The van der Waals surface area contributed by atoms with E-state index in [9.17, 15) is 0 Å². The van der Waals surface area contributed by atoms with Gasteiger partial charge in [-0.2, -0.15) is 0 Å². The second-order valence-corrected chi connectivity index (χ2v) is 4.68. The van der Waals surface area contributed by atoms with Crippen molar-refractivity contribution < 1.29 is 4.74 Å². The Hall–Kier alpha value is -0.930. The third-order valence-electron chi connectivity index (χ3n) is 2.66. The number of likely N-dealkylation sites (N-methyl/N-ethyl adjacent to an activating group) is 1. The lowest BCUT2D eigenvalue weighted by molar-refractivity contribution is 0.261. The minimum atomic E-state index is 0.658. The van der Waals surface area contributed by atoms with Gasteiger partial charge in [-0.3, -0.25) is 0 Å². The molecule has 1 aliphatic heterocycles. The van der Waals surface area contributed by atoms with E-state index in [1.807, 2.05) is 26.2 Å². The smallest absolute Gasteiger partial charge is 0.140 e. The van der Waals surface area contributed by atoms with Gasteiger partial charge in [-0.05, 0) is 32.1 Å². The Kier molecular flexibility index (Phi) is 3.56. The molecular weight excluding hydrogens is 224 g/mol. The average Bonchev–Trinajstić information content (AvgIpc) is 2.64. The normalized spacial score (nSPS) is 13.8. The number of hydrogen-bond acceptors (Lipinski definition) is 3. The molecule has 16 heavy (non-hydrogen) atoms. The summed E-state index contributed by atoms with van der Waals surface area (Å²) < 4.78 is 5.66. The highest BCUT2D eigenvalue weighted by molar-refractivity contribution is 6.32. The van der Waals surface area contributed by atoms with Gasteiger partial charge in [0.05, 0.1) is 5.02 Å². The topological polar surface area (TPSA) is 24.5 Å². The second kappa shape index (κ2) is 4.93. The summed E-state index contributed by atoms with van der Waals surface area (Å²) in [5, 5.41) is 4.03. The summed E-state index contributed by atoms with van der Waals surface area (Å²) in [6.45, 7) is 2.54. The molecule has 0 aromatic heterocycles. The van der Waals surface area contributed by atoms with Gasteiger partial charge in [0, 0.05) is 24.8 Å². The number of hydrogen-bond donors (Lipinski definition) is 1. The van der Waals surface area contributed by atoms with E-state index in [1.165, 1.54) is 5.56 Å². The molecule has 0 aliphatic carbocycles. The third kappa shape index (κ3) is 2.60. The second-order valence-electron chi connectivity index (χ2n) is 4.27. The zero-order valence-electron chi connectivity index (χ0n) is 9.72. The molecule has 0 amide bonds. The predicted molar refractivity (Wildman–Crippen MR) is 67.7 cm³/mol. The van der Waals surface area contributed by atoms with Crippen molar-refractivity contribution in [2.45, 2.75) is 6.42 Å². The average molecular weight is 241 g/mol. The molecule has 0 bridgehead atoms. The highest BCUT2D eigenvalue weighted by Gasteiger charge is 2.13. The quantitative estimate of drug-likeness (QED) is 0.874. The van der Waals surface area contributed by atoms with Crippen LogP contribution in [-0.4, -0.2) is 38.7 Å². The van der Waals surface area contributed by atoms with Crippen molar-refractivity contribution in [3.8, 4) is 5.75 Å². The van der Waals surface area contributed by atoms with Crippen LogP contribution in [0, 0.1) is 0 Å². The minimum Gasteiger partial charge on any atom is -0.491 e. The lowest BCUT2D eigenvalue weighted by Gasteiger charge is -2.13. The Morgan fingerprint density at radius 3 is 3.00 bits per heavy atom. The van der Waals surface area contributed by atoms with Crippen LogP contribution in [-0.2, 0) is 6.42 Å². The van der Waals surface area contributed by atoms with Gasteiger partial charge in [0.1, 0.15) is 12.4 Å². The first-order valence-electron chi connectivity index (χ1n) is 5.50. The number of halogens is 1. The molecular formula is C12H17ClN2O. The molecule has 1 N–H and O–H groups in total. The molecule has 88 valence electrons. The predicted octanol–water partition coefficient (Wildman–Crippen LogP) is 2.25. The Morgan fingerprint density at radius 1 is 1.44 bits per heavy atom. The van der Waals surface area contributed by atoms with Gasteiger partial charge < -0.3 is 15.0 Å². The van der Waals surface area contributed by atoms with Crippen LogP contribution in [0.3, 0.4) is 0 Å². The Morgan fingerprint density at radius 2 is 2.25 bits per heavy atom. The molecule has 0 saturated carbocycles. The summed E-state index contributed by atoms with van der Waals surface area (Å²) in [5.74, 6) is 0.775. The summed E-state index contributed by atoms with van der Waals surface area (Å²) in [4.78, 5) is 2.08. The number of ether oxygens (including phenoxy) is 1. The van der Waals surface area contributed by atoms with Gasteiger partial charge in [-0.25, -0.2) is 0 Å². The van der Waals surface area contributed by atoms with Crippen LogP contribution in [0.25, 0.3) is 0 Å². The number of anilines is 1. The van der Waals surface area contributed by atoms with Crippen LogP contribution in [0.15, 0.2) is 12.1 Å². The van der Waals surface area contributed by atoms with Crippen LogP contribution in [0.5, 0.6) is 5.75 Å². The van der Waals surface area contributed by atoms with Crippen LogP contribution in [0.4, 0.5) is 5.69 Å². The van der Waals surface area contributed by atoms with Gasteiger partial charge >= 0.3 is 0 Å². The fourth-order valence-corrected chi connectivity index (χ4v) is 1.99. The minimum absolute atomic E-state index is 0.658. The van der Waals surface area contributed by atoms with E-state index in [0.717, 1.165) is 30.9 Å². The summed E-state index contributed by atoms with van der Waals surface area (Å²) in [5.41, 5.74) is 2.44. The van der Waals surface area contributed by atoms with Gasteiger partial charge in [-0.15, -0.1) is 0 Å². The molecule has 0 unspecified atom stereocenters. The number of nitrogens with one attached hydrogen (secondary N) is 1. The molecule has 4 heteroatoms. The standard InChI is InChI=1S/C12H17ClN2O/c1-15(2)5-6-16-12-8-11-9(3-4-14-11)7-10(12)13/h7-8,14H,3-6H2,1-2H3. The Bertz CT molecular complexity index is 380. The molecule has 0 spiro atoms. The van der Waals surface area contributed by atoms with Crippen LogP contribution >= 0.6 is 11.6 Å². The van der Waals surface area contributed by atoms with Crippen molar-refractivity contribution >= 4 is 17.3 Å². The van der Waals surface area contributed by atoms with Crippen LogP contribution < -0.4 is 10.1 Å². The van der Waals surface area contributed by atoms with Crippen molar-refractivity contribution in [3.63, 3.8) is 0 Å². The number of rotatable bonds is 4. The summed E-state index contributed by atoms with van der Waals surface area (Å²) in [7, 11) is 4.05. The van der Waals surface area contributed by atoms with Crippen LogP contribution in [0.2, 0.25) is 5.02 Å².